The summed E-state index contributed by atoms with van der Waals surface area (Å²) in [5, 5.41) is 0.0424. The minimum absolute atomic E-state index is 0.0424. The van der Waals surface area contributed by atoms with Crippen LogP contribution < -0.4 is 0 Å². The Labute approximate surface area is 157 Å². The lowest BCUT2D eigenvalue weighted by molar-refractivity contribution is 0.0473. The number of ketones is 1. The van der Waals surface area contributed by atoms with Crippen molar-refractivity contribution >= 4 is 33.4 Å². The van der Waals surface area contributed by atoms with Crippen LogP contribution in [0.5, 0.6) is 0 Å². The van der Waals surface area contributed by atoms with Crippen LogP contribution in [0.4, 0.5) is 0 Å². The number of aromatic amines is 1. The van der Waals surface area contributed by atoms with E-state index < -0.39 is 28.4 Å². The summed E-state index contributed by atoms with van der Waals surface area (Å²) in [6.07, 6.45) is 1.58. The summed E-state index contributed by atoms with van der Waals surface area (Å²) in [5.74, 6) is -1.28. The number of nitrogens with one attached hydrogen (secondary N) is 1. The topological polar surface area (TPSA) is 96.5 Å². The summed E-state index contributed by atoms with van der Waals surface area (Å²) in [5.41, 5.74) is 0.195. The van der Waals surface area contributed by atoms with Crippen LogP contribution in [0.2, 0.25) is 5.02 Å². The number of halogens is 1. The first-order valence-electron chi connectivity index (χ1n) is 7.94. The molecule has 26 heavy (non-hydrogen) atoms. The van der Waals surface area contributed by atoms with Crippen LogP contribution in [-0.2, 0) is 14.8 Å². The number of carbonyl (C=O) groups excluding carboxylic acids is 2. The second-order valence-electron chi connectivity index (χ2n) is 5.31. The van der Waals surface area contributed by atoms with E-state index in [4.69, 9.17) is 16.3 Å². The summed E-state index contributed by atoms with van der Waals surface area (Å²) >= 11 is 6.00. The van der Waals surface area contributed by atoms with Crippen molar-refractivity contribution in [3.8, 4) is 0 Å². The molecule has 0 unspecified atom stereocenters. The van der Waals surface area contributed by atoms with Crippen LogP contribution in [0.25, 0.3) is 0 Å². The highest BCUT2D eigenvalue weighted by atomic mass is 35.5. The van der Waals surface area contributed by atoms with Crippen molar-refractivity contribution in [2.75, 3.05) is 19.7 Å². The maximum Gasteiger partial charge on any atom is 0.340 e. The van der Waals surface area contributed by atoms with E-state index in [1.807, 2.05) is 0 Å². The standard InChI is InChI=1S/C17H19ClN2O5S/c1-3-20(4-2)26(23,24)12-7-8-14(18)13(10-12)17(22)25-11-16(21)15-6-5-9-19-15/h5-10,19H,3-4,11H2,1-2H3. The third kappa shape index (κ3) is 4.32. The van der Waals surface area contributed by atoms with Crippen LogP contribution in [0, 0.1) is 0 Å². The average Bonchev–Trinajstić information content (AvgIpc) is 3.15. The number of Topliss-reactive ketones (excluding diaryl/α,β-unsaturated/α-hetero) is 1. The summed E-state index contributed by atoms with van der Waals surface area (Å²) in [6.45, 7) is 3.55. The zero-order valence-electron chi connectivity index (χ0n) is 14.4. The Balaban J connectivity index is 2.21. The molecular formula is C17H19ClN2O5S. The fraction of sp³-hybridized carbons (Fsp3) is 0.294. The van der Waals surface area contributed by atoms with Crippen LogP contribution in [0.1, 0.15) is 34.7 Å². The molecule has 0 radical (unpaired) electrons. The van der Waals surface area contributed by atoms with E-state index in [2.05, 4.69) is 4.98 Å². The van der Waals surface area contributed by atoms with Crippen LogP contribution in [-0.4, -0.2) is 49.2 Å². The Morgan fingerprint density at radius 2 is 1.88 bits per heavy atom. The number of rotatable bonds is 8. The van der Waals surface area contributed by atoms with Crippen molar-refractivity contribution in [1.82, 2.24) is 9.29 Å². The third-order valence-electron chi connectivity index (χ3n) is 3.73. The molecule has 0 saturated carbocycles. The van der Waals surface area contributed by atoms with Crippen molar-refractivity contribution in [2.24, 2.45) is 0 Å². The third-order valence-corrected chi connectivity index (χ3v) is 6.11. The molecule has 140 valence electrons. The van der Waals surface area contributed by atoms with Gasteiger partial charge in [0.05, 0.1) is 21.2 Å². The van der Waals surface area contributed by atoms with Gasteiger partial charge in [-0.05, 0) is 30.3 Å². The van der Waals surface area contributed by atoms with E-state index in [1.54, 1.807) is 32.2 Å². The lowest BCUT2D eigenvalue weighted by Crippen LogP contribution is -2.30. The molecule has 1 aromatic carbocycles. The van der Waals surface area contributed by atoms with Gasteiger partial charge in [-0.3, -0.25) is 4.79 Å². The molecule has 2 aromatic rings. The molecule has 0 aliphatic carbocycles. The minimum atomic E-state index is -3.75. The fourth-order valence-corrected chi connectivity index (χ4v) is 4.00. The van der Waals surface area contributed by atoms with Gasteiger partial charge < -0.3 is 9.72 Å². The second-order valence-corrected chi connectivity index (χ2v) is 7.66. The van der Waals surface area contributed by atoms with Crippen LogP contribution in [0.3, 0.4) is 0 Å². The first-order valence-corrected chi connectivity index (χ1v) is 9.76. The normalized spacial score (nSPS) is 11.5. The molecule has 0 fully saturated rings. The number of H-pyrrole nitrogens is 1. The zero-order chi connectivity index (χ0) is 19.3. The van der Waals surface area contributed by atoms with Crippen molar-refractivity contribution < 1.29 is 22.7 Å². The maximum absolute atomic E-state index is 12.6. The quantitative estimate of drug-likeness (QED) is 0.544. The second kappa shape index (κ2) is 8.48. The van der Waals surface area contributed by atoms with Crippen molar-refractivity contribution in [2.45, 2.75) is 18.7 Å². The molecule has 0 amide bonds. The zero-order valence-corrected chi connectivity index (χ0v) is 15.9. The predicted molar refractivity (Wildman–Crippen MR) is 97.0 cm³/mol. The number of hydrogen-bond acceptors (Lipinski definition) is 5. The number of aromatic nitrogens is 1. The first kappa shape index (κ1) is 20.2. The Morgan fingerprint density at radius 1 is 1.19 bits per heavy atom. The Hall–Kier alpha value is -2.16. The van der Waals surface area contributed by atoms with Crippen molar-refractivity contribution in [3.63, 3.8) is 0 Å². The number of ether oxygens (including phenoxy) is 1. The molecule has 0 spiro atoms. The maximum atomic E-state index is 12.6. The monoisotopic (exact) mass is 398 g/mol. The number of nitrogens with zero attached hydrogens (tertiary/aromatic N) is 1. The SMILES string of the molecule is CCN(CC)S(=O)(=O)c1ccc(Cl)c(C(=O)OCC(=O)c2ccc[nH]2)c1. The van der Waals surface area contributed by atoms with Gasteiger partial charge in [0.15, 0.2) is 6.61 Å². The van der Waals surface area contributed by atoms with E-state index in [9.17, 15) is 18.0 Å². The summed E-state index contributed by atoms with van der Waals surface area (Å²) < 4.78 is 31.4. The van der Waals surface area contributed by atoms with Gasteiger partial charge in [0.25, 0.3) is 0 Å². The minimum Gasteiger partial charge on any atom is -0.454 e. The van der Waals surface area contributed by atoms with E-state index in [0.717, 1.165) is 6.07 Å². The summed E-state index contributed by atoms with van der Waals surface area (Å²) in [6, 6.07) is 7.02. The molecule has 9 heteroatoms. The van der Waals surface area contributed by atoms with E-state index in [1.165, 1.54) is 16.4 Å². The van der Waals surface area contributed by atoms with Crippen molar-refractivity contribution in [1.29, 1.82) is 0 Å². The van der Waals surface area contributed by atoms with E-state index in [0.29, 0.717) is 18.8 Å². The molecule has 0 bridgehead atoms. The number of carbonyl (C=O) groups is 2. The number of sulfonamides is 1. The Kier molecular flexibility index (Phi) is 6.57. The van der Waals surface area contributed by atoms with Crippen LogP contribution >= 0.6 is 11.6 Å². The van der Waals surface area contributed by atoms with Gasteiger partial charge in [-0.1, -0.05) is 25.4 Å². The van der Waals surface area contributed by atoms with Gasteiger partial charge in [-0.25, -0.2) is 13.2 Å². The predicted octanol–water partition coefficient (Wildman–Crippen LogP) is 2.74. The average molecular weight is 399 g/mol. The molecule has 1 aromatic heterocycles. The molecule has 0 aliphatic rings. The Morgan fingerprint density at radius 3 is 2.46 bits per heavy atom. The highest BCUT2D eigenvalue weighted by Gasteiger charge is 2.24. The highest BCUT2D eigenvalue weighted by molar-refractivity contribution is 7.89. The van der Waals surface area contributed by atoms with Gasteiger partial charge in [0, 0.05) is 19.3 Å². The molecule has 1 heterocycles. The highest BCUT2D eigenvalue weighted by Crippen LogP contribution is 2.23. The lowest BCUT2D eigenvalue weighted by atomic mass is 10.2. The number of esters is 1. The van der Waals surface area contributed by atoms with E-state index in [-0.39, 0.29) is 15.5 Å². The Bertz CT molecular complexity index is 890. The van der Waals surface area contributed by atoms with E-state index >= 15 is 0 Å². The molecule has 0 saturated heterocycles. The number of hydrogen-bond donors (Lipinski definition) is 1. The molecule has 2 rings (SSSR count). The van der Waals surface area contributed by atoms with Gasteiger partial charge in [-0.2, -0.15) is 4.31 Å². The van der Waals surface area contributed by atoms with Crippen molar-refractivity contribution in [3.05, 3.63) is 52.8 Å². The molecular weight excluding hydrogens is 380 g/mol. The summed E-state index contributed by atoms with van der Waals surface area (Å²) in [4.78, 5) is 26.8. The lowest BCUT2D eigenvalue weighted by Gasteiger charge is -2.19. The van der Waals surface area contributed by atoms with Crippen LogP contribution in [0.15, 0.2) is 41.4 Å². The number of benzene rings is 1. The molecule has 0 atom stereocenters. The fourth-order valence-electron chi connectivity index (χ4n) is 2.32. The first-order chi connectivity index (χ1) is 12.3. The molecule has 0 aliphatic heterocycles. The summed E-state index contributed by atoms with van der Waals surface area (Å²) in [7, 11) is -3.75. The van der Waals surface area contributed by atoms with Gasteiger partial charge in [0.2, 0.25) is 15.8 Å². The molecule has 7 nitrogen and oxygen atoms in total. The largest absolute Gasteiger partial charge is 0.454 e. The van der Waals surface area contributed by atoms with Gasteiger partial charge >= 0.3 is 5.97 Å². The van der Waals surface area contributed by atoms with Gasteiger partial charge in [-0.15, -0.1) is 0 Å². The van der Waals surface area contributed by atoms with Gasteiger partial charge in [0.1, 0.15) is 0 Å². The molecule has 1 N–H and O–H groups in total. The smallest absolute Gasteiger partial charge is 0.340 e.